The highest BCUT2D eigenvalue weighted by molar-refractivity contribution is 5.96. The van der Waals surface area contributed by atoms with Crippen molar-refractivity contribution in [3.05, 3.63) is 22.2 Å². The molecular formula is C11H7F3N4O3. The van der Waals surface area contributed by atoms with E-state index >= 15 is 0 Å². The van der Waals surface area contributed by atoms with E-state index in [0.29, 0.717) is 17.9 Å². The first-order valence-electron chi connectivity index (χ1n) is 5.49. The lowest BCUT2D eigenvalue weighted by Gasteiger charge is -2.08. The molecule has 2 aliphatic heterocycles. The van der Waals surface area contributed by atoms with Crippen LogP contribution in [0.3, 0.4) is 0 Å². The summed E-state index contributed by atoms with van der Waals surface area (Å²) < 4.78 is 31.7. The Kier molecular flexibility index (Phi) is 3.70. The zero-order chi connectivity index (χ0) is 15.6. The molecule has 0 fully saturated rings. The number of alkyl halides is 3. The Morgan fingerprint density at radius 2 is 2.00 bits per heavy atom. The molecule has 7 nitrogen and oxygen atoms in total. The zero-order valence-electron chi connectivity index (χ0n) is 10.2. The van der Waals surface area contributed by atoms with Crippen molar-refractivity contribution in [2.45, 2.75) is 6.18 Å². The number of carboxylic acids is 1. The molecule has 0 radical (unpaired) electrons. The number of carbonyl (C=O) groups is 2. The molecule has 21 heavy (non-hydrogen) atoms. The fraction of sp³-hybridized carbons (Fsp3) is 0.182. The highest BCUT2D eigenvalue weighted by Gasteiger charge is 2.38. The molecule has 1 amide bonds. The number of rotatable bonds is 0. The van der Waals surface area contributed by atoms with Crippen LogP contribution in [0.2, 0.25) is 0 Å². The second-order valence-corrected chi connectivity index (χ2v) is 3.88. The molecule has 110 valence electrons. The molecule has 0 bridgehead atoms. The number of pyridine rings is 1. The Labute approximate surface area is 114 Å². The summed E-state index contributed by atoms with van der Waals surface area (Å²) in [6.45, 7) is 0.552. The van der Waals surface area contributed by atoms with E-state index < -0.39 is 12.1 Å². The summed E-state index contributed by atoms with van der Waals surface area (Å²) >= 11 is 0. The van der Waals surface area contributed by atoms with E-state index in [4.69, 9.17) is 9.90 Å². The third-order valence-electron chi connectivity index (χ3n) is 2.53. The average molecular weight is 300 g/mol. The van der Waals surface area contributed by atoms with Crippen molar-refractivity contribution < 1.29 is 27.9 Å². The summed E-state index contributed by atoms with van der Waals surface area (Å²) in [6, 6.07) is 0. The van der Waals surface area contributed by atoms with E-state index in [1.54, 1.807) is 6.20 Å². The monoisotopic (exact) mass is 300 g/mol. The van der Waals surface area contributed by atoms with Crippen molar-refractivity contribution in [3.8, 4) is 0 Å². The first-order valence-corrected chi connectivity index (χ1v) is 5.49. The predicted molar refractivity (Wildman–Crippen MR) is 63.0 cm³/mol. The number of nitrogens with one attached hydrogen (secondary N) is 1. The standard InChI is InChI=1S/C9H6N4O.C2HF3O2/c14-9-7-3-11-8-6(4-12-13-8)5(7)1-2-10-9;3-2(4,5)1(6)7/h1,3-4H,2H2,(H,10,14);(H,6,7). The van der Waals surface area contributed by atoms with Crippen LogP contribution in [0.4, 0.5) is 19.0 Å². The van der Waals surface area contributed by atoms with Gasteiger partial charge in [-0.25, -0.2) is 9.78 Å². The number of amides is 1. The largest absolute Gasteiger partial charge is 0.490 e. The summed E-state index contributed by atoms with van der Waals surface area (Å²) in [5.41, 5.74) is 0.596. The number of aromatic nitrogens is 1. The molecule has 0 atom stereocenters. The summed E-state index contributed by atoms with van der Waals surface area (Å²) in [7, 11) is 0. The molecule has 3 heterocycles. The van der Waals surface area contributed by atoms with Gasteiger partial charge in [0.25, 0.3) is 5.91 Å². The molecule has 0 aromatic carbocycles. The van der Waals surface area contributed by atoms with E-state index in [9.17, 15) is 18.0 Å². The quantitative estimate of drug-likeness (QED) is 0.707. The van der Waals surface area contributed by atoms with Crippen molar-refractivity contribution in [1.82, 2.24) is 10.3 Å². The fourth-order valence-corrected chi connectivity index (χ4v) is 1.62. The molecule has 2 aliphatic rings. The number of hydrogen-bond acceptors (Lipinski definition) is 5. The highest BCUT2D eigenvalue weighted by Crippen LogP contribution is 2.13. The van der Waals surface area contributed by atoms with Crippen LogP contribution in [-0.4, -0.2) is 34.7 Å². The second kappa shape index (κ2) is 5.31. The van der Waals surface area contributed by atoms with Crippen molar-refractivity contribution in [2.75, 3.05) is 6.54 Å². The minimum absolute atomic E-state index is 0.0851. The van der Waals surface area contributed by atoms with E-state index in [1.807, 2.05) is 6.08 Å². The third-order valence-corrected chi connectivity index (χ3v) is 2.53. The summed E-state index contributed by atoms with van der Waals surface area (Å²) in [5, 5.41) is 19.2. The molecule has 1 aromatic heterocycles. The maximum atomic E-state index is 11.4. The van der Waals surface area contributed by atoms with Gasteiger partial charge in [0.05, 0.1) is 11.8 Å². The van der Waals surface area contributed by atoms with Gasteiger partial charge in [-0.1, -0.05) is 6.08 Å². The number of azo groups is 1. The molecule has 0 unspecified atom stereocenters. The molecule has 10 heteroatoms. The van der Waals surface area contributed by atoms with Crippen LogP contribution >= 0.6 is 0 Å². The molecule has 0 saturated carbocycles. The predicted octanol–water partition coefficient (Wildman–Crippen LogP) is 0.0741. The number of aliphatic carboxylic acids is 1. The Bertz CT molecular complexity index is 755. The van der Waals surface area contributed by atoms with Gasteiger partial charge in [-0.05, 0) is 5.22 Å². The summed E-state index contributed by atoms with van der Waals surface area (Å²) in [6.07, 6.45) is 0.0394. The van der Waals surface area contributed by atoms with Gasteiger partial charge in [0.1, 0.15) is 0 Å². The van der Waals surface area contributed by atoms with Crippen LogP contribution in [0, 0.1) is 0 Å². The first-order chi connectivity index (χ1) is 9.80. The Morgan fingerprint density at radius 1 is 1.33 bits per heavy atom. The normalized spacial score (nSPS) is 14.7. The lowest BCUT2D eigenvalue weighted by molar-refractivity contribution is -0.192. The topological polar surface area (TPSA) is 104 Å². The average Bonchev–Trinajstić information content (AvgIpc) is 2.87. The highest BCUT2D eigenvalue weighted by atomic mass is 19.4. The molecule has 0 aliphatic carbocycles. The minimum Gasteiger partial charge on any atom is -0.475 e. The Hall–Kier alpha value is -2.78. The number of fused-ring (bicyclic) bond motifs is 3. The van der Waals surface area contributed by atoms with Gasteiger partial charge in [0, 0.05) is 18.0 Å². The second-order valence-electron chi connectivity index (χ2n) is 3.88. The maximum Gasteiger partial charge on any atom is 0.490 e. The Morgan fingerprint density at radius 3 is 2.62 bits per heavy atom. The van der Waals surface area contributed by atoms with Gasteiger partial charge < -0.3 is 10.4 Å². The van der Waals surface area contributed by atoms with E-state index in [2.05, 4.69) is 20.5 Å². The SMILES string of the molecule is O=C(O)C(F)(F)F.O=C1NCC=c2c1cnc1c2=CN=N1. The van der Waals surface area contributed by atoms with Gasteiger partial charge >= 0.3 is 12.1 Å². The van der Waals surface area contributed by atoms with Crippen molar-refractivity contribution >= 4 is 30.0 Å². The minimum atomic E-state index is -5.08. The smallest absolute Gasteiger partial charge is 0.475 e. The fourth-order valence-electron chi connectivity index (χ4n) is 1.62. The van der Waals surface area contributed by atoms with Gasteiger partial charge in [0.2, 0.25) is 0 Å². The van der Waals surface area contributed by atoms with Crippen LogP contribution in [0.25, 0.3) is 12.3 Å². The number of halogens is 3. The van der Waals surface area contributed by atoms with Gasteiger partial charge in [-0.2, -0.15) is 18.3 Å². The van der Waals surface area contributed by atoms with Crippen LogP contribution in [-0.2, 0) is 4.79 Å². The van der Waals surface area contributed by atoms with Crippen LogP contribution in [0.1, 0.15) is 10.4 Å². The number of nitrogens with zero attached hydrogens (tertiary/aromatic N) is 3. The Balaban J connectivity index is 0.000000199. The van der Waals surface area contributed by atoms with Crippen LogP contribution < -0.4 is 15.8 Å². The van der Waals surface area contributed by atoms with Gasteiger partial charge in [-0.15, -0.1) is 5.11 Å². The number of carbonyl (C=O) groups excluding carboxylic acids is 1. The maximum absolute atomic E-state index is 11.4. The van der Waals surface area contributed by atoms with Crippen LogP contribution in [0.15, 0.2) is 16.4 Å². The molecule has 1 aromatic rings. The molecule has 0 spiro atoms. The van der Waals surface area contributed by atoms with E-state index in [-0.39, 0.29) is 5.91 Å². The lowest BCUT2D eigenvalue weighted by atomic mass is 10.1. The zero-order valence-corrected chi connectivity index (χ0v) is 10.2. The number of hydrogen-bond donors (Lipinski definition) is 2. The van der Waals surface area contributed by atoms with E-state index in [1.165, 1.54) is 6.20 Å². The van der Waals surface area contributed by atoms with Crippen molar-refractivity contribution in [1.29, 1.82) is 0 Å². The van der Waals surface area contributed by atoms with Crippen molar-refractivity contribution in [2.24, 2.45) is 10.2 Å². The summed E-state index contributed by atoms with van der Waals surface area (Å²) in [5.74, 6) is -2.25. The van der Waals surface area contributed by atoms with Crippen molar-refractivity contribution in [3.63, 3.8) is 0 Å². The number of carboxylic acid groups (broad SMARTS) is 1. The third kappa shape index (κ3) is 3.04. The molecule has 3 rings (SSSR count). The molecule has 0 saturated heterocycles. The lowest BCUT2D eigenvalue weighted by Crippen LogP contribution is -2.41. The molecule has 2 N–H and O–H groups in total. The van der Waals surface area contributed by atoms with Crippen LogP contribution in [0.5, 0.6) is 0 Å². The van der Waals surface area contributed by atoms with E-state index in [0.717, 1.165) is 10.4 Å². The van der Waals surface area contributed by atoms with Gasteiger partial charge in [-0.3, -0.25) is 4.79 Å². The molecular weight excluding hydrogens is 293 g/mol. The first kappa shape index (κ1) is 14.6. The van der Waals surface area contributed by atoms with Gasteiger partial charge in [0.15, 0.2) is 5.82 Å². The summed E-state index contributed by atoms with van der Waals surface area (Å²) in [4.78, 5) is 24.4.